The Labute approximate surface area is 124 Å². The van der Waals surface area contributed by atoms with Crippen LogP contribution in [0.1, 0.15) is 6.42 Å². The van der Waals surface area contributed by atoms with E-state index in [1.165, 1.54) is 0 Å². The summed E-state index contributed by atoms with van der Waals surface area (Å²) >= 11 is 0. The van der Waals surface area contributed by atoms with Gasteiger partial charge in [0.25, 0.3) is 0 Å². The van der Waals surface area contributed by atoms with Crippen LogP contribution in [0, 0.1) is 0 Å². The van der Waals surface area contributed by atoms with Crippen LogP contribution in [-0.2, 0) is 0 Å². The minimum absolute atomic E-state index is 0.222. The monoisotopic (exact) mass is 285 g/mol. The quantitative estimate of drug-likeness (QED) is 0.886. The molecule has 2 atom stereocenters. The highest BCUT2D eigenvalue weighted by molar-refractivity contribution is 5.35. The summed E-state index contributed by atoms with van der Waals surface area (Å²) in [5.41, 5.74) is 0. The van der Waals surface area contributed by atoms with Crippen molar-refractivity contribution in [1.82, 2.24) is 5.32 Å². The summed E-state index contributed by atoms with van der Waals surface area (Å²) < 4.78 is 11.4. The van der Waals surface area contributed by atoms with E-state index in [1.54, 1.807) is 0 Å². The van der Waals surface area contributed by atoms with Crippen LogP contribution >= 0.6 is 0 Å². The largest absolute Gasteiger partial charge is 0.492 e. The molecule has 0 saturated carbocycles. The van der Waals surface area contributed by atoms with Crippen LogP contribution in [0.3, 0.4) is 0 Å². The smallest absolute Gasteiger partial charge is 0.127 e. The number of nitrogens with one attached hydrogen (secondary N) is 1. The molecule has 4 nitrogen and oxygen atoms in total. The molecule has 2 aromatic carbocycles. The Bertz CT molecular complexity index is 556. The fourth-order valence-electron chi connectivity index (χ4n) is 2.35. The van der Waals surface area contributed by atoms with Crippen LogP contribution in [0.2, 0.25) is 0 Å². The Balaban J connectivity index is 1.52. The summed E-state index contributed by atoms with van der Waals surface area (Å²) in [7, 11) is 0. The molecule has 1 heterocycles. The molecule has 1 saturated heterocycles. The van der Waals surface area contributed by atoms with Crippen molar-refractivity contribution in [2.24, 2.45) is 0 Å². The van der Waals surface area contributed by atoms with Crippen LogP contribution in [0.25, 0.3) is 0 Å². The Morgan fingerprint density at radius 1 is 0.952 bits per heavy atom. The third-order valence-corrected chi connectivity index (χ3v) is 3.45. The van der Waals surface area contributed by atoms with Gasteiger partial charge in [-0.05, 0) is 42.8 Å². The number of para-hydroxylation sites is 1. The van der Waals surface area contributed by atoms with Gasteiger partial charge >= 0.3 is 0 Å². The first-order chi connectivity index (χ1) is 10.3. The molecular formula is C17H19NO3. The van der Waals surface area contributed by atoms with E-state index in [4.69, 9.17) is 9.47 Å². The molecule has 110 valence electrons. The Kier molecular flexibility index (Phi) is 4.38. The number of ether oxygens (including phenoxy) is 2. The van der Waals surface area contributed by atoms with Gasteiger partial charge in [0.15, 0.2) is 0 Å². The van der Waals surface area contributed by atoms with E-state index < -0.39 is 0 Å². The number of benzene rings is 2. The van der Waals surface area contributed by atoms with E-state index in [1.807, 2.05) is 54.6 Å². The van der Waals surface area contributed by atoms with Gasteiger partial charge in [0.05, 0.1) is 6.10 Å². The van der Waals surface area contributed by atoms with Crippen LogP contribution in [0.15, 0.2) is 54.6 Å². The van der Waals surface area contributed by atoms with Crippen LogP contribution in [-0.4, -0.2) is 30.4 Å². The number of aliphatic hydroxyl groups is 1. The molecule has 2 aromatic rings. The van der Waals surface area contributed by atoms with Crippen molar-refractivity contribution in [2.45, 2.75) is 18.6 Å². The topological polar surface area (TPSA) is 50.7 Å². The van der Waals surface area contributed by atoms with Crippen molar-refractivity contribution < 1.29 is 14.6 Å². The van der Waals surface area contributed by atoms with Crippen molar-refractivity contribution in [3.63, 3.8) is 0 Å². The van der Waals surface area contributed by atoms with Gasteiger partial charge in [-0.25, -0.2) is 0 Å². The maximum Gasteiger partial charge on any atom is 0.127 e. The number of β-amino-alcohol motifs (C(OH)–C–C–N with tert-alkyl or cyclic N) is 1. The van der Waals surface area contributed by atoms with Crippen LogP contribution in [0.5, 0.6) is 17.2 Å². The predicted octanol–water partition coefficient (Wildman–Crippen LogP) is 2.58. The van der Waals surface area contributed by atoms with Gasteiger partial charge in [0, 0.05) is 12.6 Å². The van der Waals surface area contributed by atoms with E-state index in [0.29, 0.717) is 13.2 Å². The van der Waals surface area contributed by atoms with Crippen LogP contribution < -0.4 is 14.8 Å². The molecule has 1 aliphatic rings. The van der Waals surface area contributed by atoms with Crippen molar-refractivity contribution >= 4 is 0 Å². The second kappa shape index (κ2) is 6.61. The average Bonchev–Trinajstić information content (AvgIpc) is 2.93. The number of aliphatic hydroxyl groups excluding tert-OH is 1. The lowest BCUT2D eigenvalue weighted by Gasteiger charge is -2.12. The van der Waals surface area contributed by atoms with Crippen molar-refractivity contribution in [3.05, 3.63) is 54.6 Å². The molecule has 4 heteroatoms. The number of hydrogen-bond donors (Lipinski definition) is 2. The van der Waals surface area contributed by atoms with Gasteiger partial charge in [0.1, 0.15) is 23.9 Å². The average molecular weight is 285 g/mol. The highest BCUT2D eigenvalue weighted by Gasteiger charge is 2.22. The third kappa shape index (κ3) is 3.97. The lowest BCUT2D eigenvalue weighted by atomic mass is 10.2. The Morgan fingerprint density at radius 3 is 2.29 bits per heavy atom. The molecule has 1 aliphatic heterocycles. The summed E-state index contributed by atoms with van der Waals surface area (Å²) in [5, 5.41) is 12.7. The lowest BCUT2D eigenvalue weighted by Crippen LogP contribution is -2.28. The number of hydrogen-bond acceptors (Lipinski definition) is 4. The summed E-state index contributed by atoms with van der Waals surface area (Å²) in [6.45, 7) is 1.22. The Morgan fingerprint density at radius 2 is 1.62 bits per heavy atom. The summed E-state index contributed by atoms with van der Waals surface area (Å²) in [5.74, 6) is 2.40. The minimum Gasteiger partial charge on any atom is -0.492 e. The molecule has 0 radical (unpaired) electrons. The molecule has 0 aliphatic carbocycles. The van der Waals surface area contributed by atoms with Crippen molar-refractivity contribution in [3.8, 4) is 17.2 Å². The van der Waals surface area contributed by atoms with E-state index in [2.05, 4.69) is 5.32 Å². The van der Waals surface area contributed by atoms with Gasteiger partial charge in [0.2, 0.25) is 0 Å². The highest BCUT2D eigenvalue weighted by Crippen LogP contribution is 2.23. The molecule has 0 bridgehead atoms. The standard InChI is InChI=1S/C17H19NO3/c19-14-10-13(18-11-14)12-20-15-6-8-17(9-7-15)21-16-4-2-1-3-5-16/h1-9,13-14,18-19H,10-12H2/t13-,14+/m0/s1. The van der Waals surface area contributed by atoms with Gasteiger partial charge in [-0.2, -0.15) is 0 Å². The lowest BCUT2D eigenvalue weighted by molar-refractivity contribution is 0.187. The molecular weight excluding hydrogens is 266 g/mol. The second-order valence-corrected chi connectivity index (χ2v) is 5.19. The zero-order valence-corrected chi connectivity index (χ0v) is 11.7. The highest BCUT2D eigenvalue weighted by atomic mass is 16.5. The third-order valence-electron chi connectivity index (χ3n) is 3.45. The summed E-state index contributed by atoms with van der Waals surface area (Å²) in [4.78, 5) is 0. The molecule has 0 aromatic heterocycles. The molecule has 21 heavy (non-hydrogen) atoms. The van der Waals surface area contributed by atoms with Gasteiger partial charge in [-0.3, -0.25) is 0 Å². The van der Waals surface area contributed by atoms with Gasteiger partial charge in [-0.1, -0.05) is 18.2 Å². The van der Waals surface area contributed by atoms with Crippen molar-refractivity contribution in [2.75, 3.05) is 13.2 Å². The zero-order valence-electron chi connectivity index (χ0n) is 11.7. The molecule has 0 spiro atoms. The second-order valence-electron chi connectivity index (χ2n) is 5.19. The molecule has 1 fully saturated rings. The van der Waals surface area contributed by atoms with E-state index in [0.717, 1.165) is 23.7 Å². The SMILES string of the molecule is O[C@H]1CN[C@H](COc2ccc(Oc3ccccc3)cc2)C1. The van der Waals surface area contributed by atoms with Gasteiger partial charge < -0.3 is 19.9 Å². The molecule has 0 unspecified atom stereocenters. The predicted molar refractivity (Wildman–Crippen MR) is 80.9 cm³/mol. The van der Waals surface area contributed by atoms with E-state index in [9.17, 15) is 5.11 Å². The number of rotatable bonds is 5. The van der Waals surface area contributed by atoms with Crippen LogP contribution in [0.4, 0.5) is 0 Å². The minimum atomic E-state index is -0.250. The first-order valence-electron chi connectivity index (χ1n) is 7.17. The summed E-state index contributed by atoms with van der Waals surface area (Å²) in [6, 6.07) is 17.5. The van der Waals surface area contributed by atoms with E-state index >= 15 is 0 Å². The maximum atomic E-state index is 9.44. The normalized spacial score (nSPS) is 21.2. The molecule has 2 N–H and O–H groups in total. The maximum absolute atomic E-state index is 9.44. The van der Waals surface area contributed by atoms with E-state index in [-0.39, 0.29) is 12.1 Å². The Hall–Kier alpha value is -2.04. The molecule has 0 amide bonds. The zero-order chi connectivity index (χ0) is 14.5. The first kappa shape index (κ1) is 13.9. The summed E-state index contributed by atoms with van der Waals surface area (Å²) in [6.07, 6.45) is 0.495. The fourth-order valence-corrected chi connectivity index (χ4v) is 2.35. The first-order valence-corrected chi connectivity index (χ1v) is 7.17. The van der Waals surface area contributed by atoms with Crippen molar-refractivity contribution in [1.29, 1.82) is 0 Å². The van der Waals surface area contributed by atoms with Gasteiger partial charge in [-0.15, -0.1) is 0 Å². The fraction of sp³-hybridized carbons (Fsp3) is 0.294. The molecule has 3 rings (SSSR count).